The first-order valence-electron chi connectivity index (χ1n) is 6.52. The van der Waals surface area contributed by atoms with Gasteiger partial charge in [-0.25, -0.2) is 4.98 Å². The molecule has 2 aromatic rings. The van der Waals surface area contributed by atoms with E-state index in [1.165, 1.54) is 13.1 Å². The molecule has 112 valence electrons. The Kier molecular flexibility index (Phi) is 5.27. The van der Waals surface area contributed by atoms with E-state index >= 15 is 0 Å². The van der Waals surface area contributed by atoms with Crippen LogP contribution >= 0.6 is 11.6 Å². The summed E-state index contributed by atoms with van der Waals surface area (Å²) in [5.74, 6) is -0.769. The van der Waals surface area contributed by atoms with Gasteiger partial charge >= 0.3 is 0 Å². The molecule has 1 aromatic heterocycles. The number of benzene rings is 1. The van der Waals surface area contributed by atoms with Gasteiger partial charge in [-0.3, -0.25) is 9.59 Å². The average Bonchev–Trinajstić information content (AvgIpc) is 2.49. The highest BCUT2D eigenvalue weighted by Crippen LogP contribution is 2.12. The van der Waals surface area contributed by atoms with Crippen molar-refractivity contribution in [3.05, 3.63) is 65.1 Å². The summed E-state index contributed by atoms with van der Waals surface area (Å²) in [5.41, 5.74) is 1.43. The lowest BCUT2D eigenvalue weighted by atomic mass is 10.2. The van der Waals surface area contributed by atoms with E-state index in [-0.39, 0.29) is 11.6 Å². The Balaban J connectivity index is 2.21. The van der Waals surface area contributed by atoms with Crippen LogP contribution in [0.5, 0.6) is 0 Å². The number of nitrogens with one attached hydrogen (secondary N) is 2. The number of aromatic nitrogens is 1. The third kappa shape index (κ3) is 4.71. The number of hydrogen-bond acceptors (Lipinski definition) is 3. The Bertz CT molecular complexity index is 697. The van der Waals surface area contributed by atoms with E-state index in [2.05, 4.69) is 15.6 Å². The lowest BCUT2D eigenvalue weighted by Crippen LogP contribution is -2.28. The number of anilines is 1. The number of pyridine rings is 1. The fourth-order valence-electron chi connectivity index (χ4n) is 1.71. The van der Waals surface area contributed by atoms with Gasteiger partial charge in [-0.05, 0) is 23.8 Å². The zero-order chi connectivity index (χ0) is 15.9. The van der Waals surface area contributed by atoms with Gasteiger partial charge in [0.15, 0.2) is 0 Å². The summed E-state index contributed by atoms with van der Waals surface area (Å²) in [4.78, 5) is 27.4. The van der Waals surface area contributed by atoms with Crippen LogP contribution in [0.25, 0.3) is 6.08 Å². The molecule has 0 unspecified atom stereocenters. The molecule has 22 heavy (non-hydrogen) atoms. The zero-order valence-corrected chi connectivity index (χ0v) is 12.6. The molecule has 2 amide bonds. The highest BCUT2D eigenvalue weighted by molar-refractivity contribution is 6.29. The van der Waals surface area contributed by atoms with Crippen LogP contribution in [0, 0.1) is 0 Å². The molecule has 1 heterocycles. The Morgan fingerprint density at radius 1 is 1.14 bits per heavy atom. The normalized spacial score (nSPS) is 10.9. The van der Waals surface area contributed by atoms with Gasteiger partial charge in [0, 0.05) is 6.92 Å². The number of carbonyl (C=O) groups is 2. The maximum absolute atomic E-state index is 12.3. The third-order valence-electron chi connectivity index (χ3n) is 2.65. The van der Waals surface area contributed by atoms with Crippen LogP contribution in [-0.4, -0.2) is 16.8 Å². The number of halogens is 1. The Morgan fingerprint density at radius 2 is 1.86 bits per heavy atom. The van der Waals surface area contributed by atoms with E-state index in [9.17, 15) is 9.59 Å². The van der Waals surface area contributed by atoms with Crippen molar-refractivity contribution >= 4 is 35.2 Å². The molecule has 0 saturated heterocycles. The number of amides is 2. The van der Waals surface area contributed by atoms with Crippen LogP contribution in [0.2, 0.25) is 5.15 Å². The summed E-state index contributed by atoms with van der Waals surface area (Å²) in [7, 11) is 0. The third-order valence-corrected chi connectivity index (χ3v) is 2.87. The van der Waals surface area contributed by atoms with E-state index in [1.807, 2.05) is 30.3 Å². The molecular weight excluding hydrogens is 302 g/mol. The lowest BCUT2D eigenvalue weighted by Gasteiger charge is -2.09. The fourth-order valence-corrected chi connectivity index (χ4v) is 1.82. The molecule has 0 bridgehead atoms. The van der Waals surface area contributed by atoms with Gasteiger partial charge in [0.1, 0.15) is 10.9 Å². The van der Waals surface area contributed by atoms with E-state index in [1.54, 1.807) is 18.2 Å². The van der Waals surface area contributed by atoms with Crippen molar-refractivity contribution in [1.82, 2.24) is 10.3 Å². The maximum Gasteiger partial charge on any atom is 0.272 e. The first-order valence-corrected chi connectivity index (χ1v) is 6.89. The van der Waals surface area contributed by atoms with Crippen molar-refractivity contribution in [2.45, 2.75) is 6.92 Å². The molecule has 0 spiro atoms. The van der Waals surface area contributed by atoms with Crippen LogP contribution in [0.3, 0.4) is 0 Å². The zero-order valence-electron chi connectivity index (χ0n) is 11.8. The summed E-state index contributed by atoms with van der Waals surface area (Å²) in [6.07, 6.45) is 3.04. The Morgan fingerprint density at radius 3 is 2.45 bits per heavy atom. The molecule has 2 N–H and O–H groups in total. The molecule has 1 aromatic carbocycles. The van der Waals surface area contributed by atoms with Crippen molar-refractivity contribution in [3.8, 4) is 0 Å². The minimum absolute atomic E-state index is 0.147. The molecule has 0 fully saturated rings. The molecule has 0 aliphatic heterocycles. The molecule has 6 heteroatoms. The van der Waals surface area contributed by atoms with Gasteiger partial charge in [-0.1, -0.05) is 41.9 Å². The van der Waals surface area contributed by atoms with Crippen LogP contribution < -0.4 is 10.6 Å². The number of carbonyl (C=O) groups excluding carboxylic acids is 2. The first-order chi connectivity index (χ1) is 10.5. The minimum Gasteiger partial charge on any atom is -0.322 e. The van der Waals surface area contributed by atoms with Gasteiger partial charge in [-0.2, -0.15) is 0 Å². The smallest absolute Gasteiger partial charge is 0.272 e. The number of nitrogens with zero attached hydrogens (tertiary/aromatic N) is 1. The topological polar surface area (TPSA) is 71.1 Å². The molecular formula is C16H14ClN3O2. The minimum atomic E-state index is -0.442. The second-order valence-corrected chi connectivity index (χ2v) is 4.86. The quantitative estimate of drug-likeness (QED) is 0.673. The standard InChI is InChI=1S/C16H14ClN3O2/c1-11(21)19-14(9-12-5-3-2-4-6-12)16(22)20-13-7-8-15(17)18-10-13/h2-10H,1H3,(H,19,21)(H,20,22)/b14-9-. The van der Waals surface area contributed by atoms with Gasteiger partial charge in [-0.15, -0.1) is 0 Å². The monoisotopic (exact) mass is 315 g/mol. The summed E-state index contributed by atoms with van der Waals surface area (Å²) < 4.78 is 0. The molecule has 0 aliphatic rings. The van der Waals surface area contributed by atoms with Gasteiger partial charge in [0.2, 0.25) is 5.91 Å². The van der Waals surface area contributed by atoms with Crippen LogP contribution in [0.1, 0.15) is 12.5 Å². The van der Waals surface area contributed by atoms with Gasteiger partial charge in [0.05, 0.1) is 11.9 Å². The summed E-state index contributed by atoms with van der Waals surface area (Å²) >= 11 is 5.69. The Labute approximate surface area is 133 Å². The SMILES string of the molecule is CC(=O)N/C(=C\c1ccccc1)C(=O)Nc1ccc(Cl)nc1. The van der Waals surface area contributed by atoms with Crippen molar-refractivity contribution in [3.63, 3.8) is 0 Å². The van der Waals surface area contributed by atoms with Crippen molar-refractivity contribution in [2.75, 3.05) is 5.32 Å². The van der Waals surface area contributed by atoms with Crippen LogP contribution in [0.4, 0.5) is 5.69 Å². The second-order valence-electron chi connectivity index (χ2n) is 4.47. The molecule has 5 nitrogen and oxygen atoms in total. The van der Waals surface area contributed by atoms with E-state index in [0.717, 1.165) is 5.56 Å². The summed E-state index contributed by atoms with van der Waals surface area (Å²) in [6.45, 7) is 1.34. The number of rotatable bonds is 4. The highest BCUT2D eigenvalue weighted by atomic mass is 35.5. The molecule has 2 rings (SSSR count). The van der Waals surface area contributed by atoms with Crippen molar-refractivity contribution in [1.29, 1.82) is 0 Å². The first kappa shape index (κ1) is 15.7. The predicted molar refractivity (Wildman–Crippen MR) is 86.1 cm³/mol. The van der Waals surface area contributed by atoms with Crippen molar-refractivity contribution < 1.29 is 9.59 Å². The summed E-state index contributed by atoms with van der Waals surface area (Å²) in [5, 5.41) is 5.51. The molecule has 0 aliphatic carbocycles. The molecule has 0 atom stereocenters. The van der Waals surface area contributed by atoms with Gasteiger partial charge in [0.25, 0.3) is 5.91 Å². The number of hydrogen-bond donors (Lipinski definition) is 2. The van der Waals surface area contributed by atoms with E-state index < -0.39 is 5.91 Å². The van der Waals surface area contributed by atoms with Gasteiger partial charge < -0.3 is 10.6 Å². The van der Waals surface area contributed by atoms with E-state index in [0.29, 0.717) is 10.8 Å². The molecule has 0 saturated carbocycles. The van der Waals surface area contributed by atoms with Crippen LogP contribution in [0.15, 0.2) is 54.4 Å². The largest absolute Gasteiger partial charge is 0.322 e. The second kappa shape index (κ2) is 7.38. The molecule has 0 radical (unpaired) electrons. The average molecular weight is 316 g/mol. The highest BCUT2D eigenvalue weighted by Gasteiger charge is 2.11. The summed E-state index contributed by atoms with van der Waals surface area (Å²) in [6, 6.07) is 12.4. The van der Waals surface area contributed by atoms with Crippen molar-refractivity contribution in [2.24, 2.45) is 0 Å². The fraction of sp³-hybridized carbons (Fsp3) is 0.0625. The lowest BCUT2D eigenvalue weighted by molar-refractivity contribution is -0.120. The van der Waals surface area contributed by atoms with Crippen LogP contribution in [-0.2, 0) is 9.59 Å². The van der Waals surface area contributed by atoms with E-state index in [4.69, 9.17) is 11.6 Å². The Hall–Kier alpha value is -2.66. The maximum atomic E-state index is 12.3. The predicted octanol–water partition coefficient (Wildman–Crippen LogP) is 2.85.